The molecule has 0 saturated carbocycles. The lowest BCUT2D eigenvalue weighted by atomic mass is 10.1. The maximum Gasteiger partial charge on any atom is 0.0946 e. The van der Waals surface area contributed by atoms with Crippen LogP contribution in [0, 0.1) is 0 Å². The van der Waals surface area contributed by atoms with Gasteiger partial charge in [-0.1, -0.05) is 0 Å². The van der Waals surface area contributed by atoms with E-state index in [2.05, 4.69) is 21.8 Å². The summed E-state index contributed by atoms with van der Waals surface area (Å²) in [5.41, 5.74) is 0. The summed E-state index contributed by atoms with van der Waals surface area (Å²) in [6.45, 7) is 5.15. The van der Waals surface area contributed by atoms with Crippen LogP contribution >= 0.6 is 0 Å². The lowest BCUT2D eigenvalue weighted by Gasteiger charge is -2.17. The number of hydrogen-bond acceptors (Lipinski definition) is 3. The van der Waals surface area contributed by atoms with Crippen LogP contribution in [-0.4, -0.2) is 34.8 Å². The largest absolute Gasteiger partial charge is 0.378 e. The third kappa shape index (κ3) is 3.61. The predicted molar refractivity (Wildman–Crippen MR) is 63.3 cm³/mol. The zero-order valence-corrected chi connectivity index (χ0v) is 9.93. The van der Waals surface area contributed by atoms with E-state index in [1.54, 1.807) is 0 Å². The second-order valence-electron chi connectivity index (χ2n) is 4.53. The zero-order valence-electron chi connectivity index (χ0n) is 9.93. The van der Waals surface area contributed by atoms with Crippen LogP contribution in [0.2, 0.25) is 0 Å². The molecule has 90 valence electrons. The number of aromatic nitrogens is 2. The topological polar surface area (TPSA) is 39.1 Å². The lowest BCUT2D eigenvalue weighted by Crippen LogP contribution is -2.32. The Morgan fingerprint density at radius 1 is 1.62 bits per heavy atom. The van der Waals surface area contributed by atoms with E-state index in [1.165, 1.54) is 12.8 Å². The number of nitrogens with one attached hydrogen (secondary N) is 1. The molecular formula is C12H21N3O. The zero-order chi connectivity index (χ0) is 11.2. The Bertz CT molecular complexity index is 280. The van der Waals surface area contributed by atoms with E-state index in [0.29, 0.717) is 12.1 Å². The van der Waals surface area contributed by atoms with Crippen molar-refractivity contribution in [2.24, 2.45) is 0 Å². The third-order valence-electron chi connectivity index (χ3n) is 3.06. The van der Waals surface area contributed by atoms with Crippen LogP contribution in [0.1, 0.15) is 26.2 Å². The molecule has 0 aliphatic carbocycles. The van der Waals surface area contributed by atoms with Crippen molar-refractivity contribution in [3.63, 3.8) is 0 Å². The van der Waals surface area contributed by atoms with E-state index in [1.807, 2.05) is 18.7 Å². The van der Waals surface area contributed by atoms with Gasteiger partial charge in [0.2, 0.25) is 0 Å². The standard InChI is InChI=1S/C12H21N3O/c1-11(9-12-3-2-8-16-12)14-5-7-15-6-4-13-10-15/h4,6,10-12,14H,2-3,5,7-9H2,1H3. The molecule has 0 amide bonds. The van der Waals surface area contributed by atoms with E-state index in [4.69, 9.17) is 4.74 Å². The van der Waals surface area contributed by atoms with Crippen LogP contribution in [0.4, 0.5) is 0 Å². The van der Waals surface area contributed by atoms with Crippen LogP contribution < -0.4 is 5.32 Å². The molecule has 16 heavy (non-hydrogen) atoms. The lowest BCUT2D eigenvalue weighted by molar-refractivity contribution is 0.0963. The molecule has 1 aromatic heterocycles. The van der Waals surface area contributed by atoms with Crippen LogP contribution in [0.3, 0.4) is 0 Å². The summed E-state index contributed by atoms with van der Waals surface area (Å²) >= 11 is 0. The quantitative estimate of drug-likeness (QED) is 0.793. The van der Waals surface area contributed by atoms with Crippen molar-refractivity contribution in [2.75, 3.05) is 13.2 Å². The molecule has 1 aliphatic rings. The smallest absolute Gasteiger partial charge is 0.0946 e. The van der Waals surface area contributed by atoms with Crippen LogP contribution in [-0.2, 0) is 11.3 Å². The van der Waals surface area contributed by atoms with Crippen LogP contribution in [0.5, 0.6) is 0 Å². The number of hydrogen-bond donors (Lipinski definition) is 1. The summed E-state index contributed by atoms with van der Waals surface area (Å²) in [5, 5.41) is 3.52. The Hall–Kier alpha value is -0.870. The van der Waals surface area contributed by atoms with Crippen molar-refractivity contribution in [3.8, 4) is 0 Å². The molecule has 1 aromatic rings. The highest BCUT2D eigenvalue weighted by atomic mass is 16.5. The van der Waals surface area contributed by atoms with Crippen molar-refractivity contribution in [1.29, 1.82) is 0 Å². The predicted octanol–water partition coefficient (Wildman–Crippen LogP) is 1.43. The minimum Gasteiger partial charge on any atom is -0.378 e. The molecule has 0 spiro atoms. The van der Waals surface area contributed by atoms with Gasteiger partial charge in [0.1, 0.15) is 0 Å². The molecule has 1 saturated heterocycles. The van der Waals surface area contributed by atoms with Gasteiger partial charge in [-0.25, -0.2) is 4.98 Å². The Balaban J connectivity index is 1.58. The number of rotatable bonds is 6. The van der Waals surface area contributed by atoms with E-state index < -0.39 is 0 Å². The van der Waals surface area contributed by atoms with Gasteiger partial charge in [0.15, 0.2) is 0 Å². The fourth-order valence-electron chi connectivity index (χ4n) is 2.17. The molecule has 0 bridgehead atoms. The van der Waals surface area contributed by atoms with Gasteiger partial charge in [-0.05, 0) is 26.2 Å². The highest BCUT2D eigenvalue weighted by Crippen LogP contribution is 2.16. The minimum absolute atomic E-state index is 0.482. The van der Waals surface area contributed by atoms with E-state index in [-0.39, 0.29) is 0 Å². The maximum atomic E-state index is 5.62. The fraction of sp³-hybridized carbons (Fsp3) is 0.750. The second-order valence-corrected chi connectivity index (χ2v) is 4.53. The van der Waals surface area contributed by atoms with E-state index >= 15 is 0 Å². The average Bonchev–Trinajstić information content (AvgIpc) is 2.90. The summed E-state index contributed by atoms with van der Waals surface area (Å²) in [7, 11) is 0. The molecule has 4 heteroatoms. The summed E-state index contributed by atoms with van der Waals surface area (Å²) in [5.74, 6) is 0. The average molecular weight is 223 g/mol. The van der Waals surface area contributed by atoms with Gasteiger partial charge in [-0.3, -0.25) is 0 Å². The molecule has 2 rings (SSSR count). The van der Waals surface area contributed by atoms with Crippen molar-refractivity contribution in [3.05, 3.63) is 18.7 Å². The number of nitrogens with zero attached hydrogens (tertiary/aromatic N) is 2. The summed E-state index contributed by atoms with van der Waals surface area (Å²) in [4.78, 5) is 4.02. The summed E-state index contributed by atoms with van der Waals surface area (Å²) in [6, 6.07) is 0.534. The second kappa shape index (κ2) is 6.01. The molecule has 4 nitrogen and oxygen atoms in total. The first kappa shape index (κ1) is 11.6. The first-order valence-electron chi connectivity index (χ1n) is 6.15. The van der Waals surface area contributed by atoms with Gasteiger partial charge in [0, 0.05) is 38.1 Å². The number of imidazole rings is 1. The first-order valence-corrected chi connectivity index (χ1v) is 6.15. The van der Waals surface area contributed by atoms with Gasteiger partial charge in [-0.15, -0.1) is 0 Å². The first-order chi connectivity index (χ1) is 7.84. The molecular weight excluding hydrogens is 202 g/mol. The van der Waals surface area contributed by atoms with Gasteiger partial charge >= 0.3 is 0 Å². The van der Waals surface area contributed by atoms with Gasteiger partial charge in [0.25, 0.3) is 0 Å². The minimum atomic E-state index is 0.482. The van der Waals surface area contributed by atoms with Crippen molar-refractivity contribution in [2.45, 2.75) is 44.9 Å². The van der Waals surface area contributed by atoms with Gasteiger partial charge in [-0.2, -0.15) is 0 Å². The Morgan fingerprint density at radius 2 is 2.56 bits per heavy atom. The molecule has 0 aromatic carbocycles. The maximum absolute atomic E-state index is 5.62. The van der Waals surface area contributed by atoms with E-state index in [9.17, 15) is 0 Å². The van der Waals surface area contributed by atoms with Crippen molar-refractivity contribution >= 4 is 0 Å². The molecule has 0 radical (unpaired) electrons. The van der Waals surface area contributed by atoms with Crippen LogP contribution in [0.15, 0.2) is 18.7 Å². The SMILES string of the molecule is CC(CC1CCCO1)NCCn1ccnc1. The Labute approximate surface area is 97.0 Å². The van der Waals surface area contributed by atoms with Crippen LogP contribution in [0.25, 0.3) is 0 Å². The highest BCUT2D eigenvalue weighted by molar-refractivity contribution is 4.75. The third-order valence-corrected chi connectivity index (χ3v) is 3.06. The molecule has 1 fully saturated rings. The molecule has 2 atom stereocenters. The summed E-state index contributed by atoms with van der Waals surface area (Å²) < 4.78 is 7.71. The van der Waals surface area contributed by atoms with E-state index in [0.717, 1.165) is 26.1 Å². The summed E-state index contributed by atoms with van der Waals surface area (Å²) in [6.07, 6.45) is 9.73. The molecule has 1 aliphatic heterocycles. The molecule has 2 unspecified atom stereocenters. The molecule has 1 N–H and O–H groups in total. The number of ether oxygens (including phenoxy) is 1. The Morgan fingerprint density at radius 3 is 3.25 bits per heavy atom. The fourth-order valence-corrected chi connectivity index (χ4v) is 2.17. The monoisotopic (exact) mass is 223 g/mol. The Kier molecular flexibility index (Phi) is 4.36. The van der Waals surface area contributed by atoms with Gasteiger partial charge < -0.3 is 14.6 Å². The van der Waals surface area contributed by atoms with Crippen molar-refractivity contribution in [1.82, 2.24) is 14.9 Å². The van der Waals surface area contributed by atoms with Gasteiger partial charge in [0.05, 0.1) is 12.4 Å². The van der Waals surface area contributed by atoms with Crippen molar-refractivity contribution < 1.29 is 4.74 Å². The highest BCUT2D eigenvalue weighted by Gasteiger charge is 2.17. The molecule has 2 heterocycles. The normalized spacial score (nSPS) is 22.4.